The monoisotopic (exact) mass is 313 g/mol. The zero-order chi connectivity index (χ0) is 12.8. The molecule has 0 aliphatic heterocycles. The summed E-state index contributed by atoms with van der Waals surface area (Å²) in [5, 5.41) is 13.2. The van der Waals surface area contributed by atoms with Gasteiger partial charge in [-0.25, -0.2) is 0 Å². The van der Waals surface area contributed by atoms with Gasteiger partial charge < -0.3 is 15.2 Å². The van der Waals surface area contributed by atoms with Crippen molar-refractivity contribution >= 4 is 15.9 Å². The zero-order valence-electron chi connectivity index (χ0n) is 10.4. The first-order chi connectivity index (χ1) is 8.75. The maximum Gasteiger partial charge on any atom is 0.120 e. The number of aliphatic hydroxyl groups excluding tert-OH is 1. The highest BCUT2D eigenvalue weighted by atomic mass is 79.9. The molecular weight excluding hydrogens is 294 g/mol. The molecule has 1 aliphatic carbocycles. The highest BCUT2D eigenvalue weighted by molar-refractivity contribution is 9.10. The van der Waals surface area contributed by atoms with Crippen molar-refractivity contribution in [2.45, 2.75) is 37.8 Å². The average molecular weight is 314 g/mol. The van der Waals surface area contributed by atoms with Gasteiger partial charge >= 0.3 is 0 Å². The predicted molar refractivity (Wildman–Crippen MR) is 75.9 cm³/mol. The van der Waals surface area contributed by atoms with Crippen molar-refractivity contribution in [1.82, 2.24) is 5.32 Å². The summed E-state index contributed by atoms with van der Waals surface area (Å²) >= 11 is 3.41. The fourth-order valence-electron chi connectivity index (χ4n) is 2.32. The van der Waals surface area contributed by atoms with Crippen LogP contribution in [0.4, 0.5) is 0 Å². The first kappa shape index (κ1) is 13.8. The lowest BCUT2D eigenvalue weighted by atomic mass is 9.93. The smallest absolute Gasteiger partial charge is 0.120 e. The Labute approximate surface area is 117 Å². The normalized spacial score (nSPS) is 23.9. The Morgan fingerprint density at radius 3 is 2.94 bits per heavy atom. The molecule has 1 aromatic carbocycles. The summed E-state index contributed by atoms with van der Waals surface area (Å²) in [6, 6.07) is 8.07. The van der Waals surface area contributed by atoms with Gasteiger partial charge in [-0.2, -0.15) is 0 Å². The van der Waals surface area contributed by atoms with Crippen LogP contribution in [0.5, 0.6) is 5.75 Å². The molecule has 0 saturated heterocycles. The highest BCUT2D eigenvalue weighted by Crippen LogP contribution is 2.19. The number of hydrogen-bond acceptors (Lipinski definition) is 3. The molecule has 2 unspecified atom stereocenters. The van der Waals surface area contributed by atoms with Crippen LogP contribution in [-0.4, -0.2) is 30.4 Å². The molecule has 0 heterocycles. The van der Waals surface area contributed by atoms with E-state index in [4.69, 9.17) is 4.74 Å². The van der Waals surface area contributed by atoms with Crippen molar-refractivity contribution in [2.24, 2.45) is 0 Å². The Morgan fingerprint density at radius 1 is 1.33 bits per heavy atom. The SMILES string of the molecule is OC1CCCCC1NCCOc1cccc(Br)c1. The molecule has 0 radical (unpaired) electrons. The van der Waals surface area contributed by atoms with Gasteiger partial charge in [-0.15, -0.1) is 0 Å². The maximum atomic E-state index is 9.81. The maximum absolute atomic E-state index is 9.81. The Hall–Kier alpha value is -0.580. The lowest BCUT2D eigenvalue weighted by molar-refractivity contribution is 0.0890. The van der Waals surface area contributed by atoms with E-state index in [9.17, 15) is 5.11 Å². The molecule has 4 heteroatoms. The van der Waals surface area contributed by atoms with Crippen molar-refractivity contribution in [3.63, 3.8) is 0 Å². The molecule has 0 aromatic heterocycles. The van der Waals surface area contributed by atoms with E-state index >= 15 is 0 Å². The first-order valence-corrected chi connectivity index (χ1v) is 7.35. The number of ether oxygens (including phenoxy) is 1. The Morgan fingerprint density at radius 2 is 2.17 bits per heavy atom. The van der Waals surface area contributed by atoms with Crippen LogP contribution in [0.2, 0.25) is 0 Å². The molecule has 2 rings (SSSR count). The van der Waals surface area contributed by atoms with Crippen LogP contribution in [0, 0.1) is 0 Å². The van der Waals surface area contributed by atoms with Gasteiger partial charge in [0.05, 0.1) is 6.10 Å². The van der Waals surface area contributed by atoms with Gasteiger partial charge in [-0.3, -0.25) is 0 Å². The van der Waals surface area contributed by atoms with Gasteiger partial charge in [0.25, 0.3) is 0 Å². The zero-order valence-corrected chi connectivity index (χ0v) is 12.0. The van der Waals surface area contributed by atoms with E-state index in [1.807, 2.05) is 24.3 Å². The van der Waals surface area contributed by atoms with Crippen molar-refractivity contribution < 1.29 is 9.84 Å². The molecule has 1 aliphatic rings. The topological polar surface area (TPSA) is 41.5 Å². The number of nitrogens with one attached hydrogen (secondary N) is 1. The van der Waals surface area contributed by atoms with Gasteiger partial charge in [-0.05, 0) is 31.0 Å². The van der Waals surface area contributed by atoms with Gasteiger partial charge in [0, 0.05) is 17.1 Å². The van der Waals surface area contributed by atoms with E-state index in [1.54, 1.807) is 0 Å². The lowest BCUT2D eigenvalue weighted by Crippen LogP contribution is -2.43. The van der Waals surface area contributed by atoms with Crippen LogP contribution < -0.4 is 10.1 Å². The second kappa shape index (κ2) is 7.12. The largest absolute Gasteiger partial charge is 0.492 e. The minimum Gasteiger partial charge on any atom is -0.492 e. The fourth-order valence-corrected chi connectivity index (χ4v) is 2.70. The second-order valence-corrected chi connectivity index (χ2v) is 5.63. The number of halogens is 1. The molecule has 1 saturated carbocycles. The van der Waals surface area contributed by atoms with E-state index in [0.717, 1.165) is 36.0 Å². The van der Waals surface area contributed by atoms with E-state index in [1.165, 1.54) is 6.42 Å². The van der Waals surface area contributed by atoms with Crippen LogP contribution in [0.25, 0.3) is 0 Å². The highest BCUT2D eigenvalue weighted by Gasteiger charge is 2.21. The summed E-state index contributed by atoms with van der Waals surface area (Å²) in [5.41, 5.74) is 0. The molecule has 0 amide bonds. The van der Waals surface area contributed by atoms with E-state index in [2.05, 4.69) is 21.2 Å². The van der Waals surface area contributed by atoms with Crippen molar-refractivity contribution in [2.75, 3.05) is 13.2 Å². The van der Waals surface area contributed by atoms with Gasteiger partial charge in [-0.1, -0.05) is 34.8 Å². The van der Waals surface area contributed by atoms with Crippen LogP contribution >= 0.6 is 15.9 Å². The number of hydrogen-bond donors (Lipinski definition) is 2. The van der Waals surface area contributed by atoms with Gasteiger partial charge in [0.2, 0.25) is 0 Å². The minimum atomic E-state index is -0.190. The fraction of sp³-hybridized carbons (Fsp3) is 0.571. The third-order valence-corrected chi connectivity index (χ3v) is 3.80. The molecule has 1 aromatic rings. The second-order valence-electron chi connectivity index (χ2n) is 4.72. The Balaban J connectivity index is 1.66. The van der Waals surface area contributed by atoms with Gasteiger partial charge in [0.15, 0.2) is 0 Å². The number of rotatable bonds is 5. The van der Waals surface area contributed by atoms with Crippen LogP contribution in [0.1, 0.15) is 25.7 Å². The molecule has 0 bridgehead atoms. The predicted octanol–water partition coefficient (Wildman–Crippen LogP) is 2.72. The van der Waals surface area contributed by atoms with E-state index in [0.29, 0.717) is 6.61 Å². The molecule has 18 heavy (non-hydrogen) atoms. The quantitative estimate of drug-likeness (QED) is 0.821. The Kier molecular flexibility index (Phi) is 5.47. The van der Waals surface area contributed by atoms with Crippen molar-refractivity contribution in [3.8, 4) is 5.75 Å². The first-order valence-electron chi connectivity index (χ1n) is 6.55. The Bertz CT molecular complexity index is 373. The third-order valence-electron chi connectivity index (χ3n) is 3.30. The summed E-state index contributed by atoms with van der Waals surface area (Å²) in [4.78, 5) is 0. The summed E-state index contributed by atoms with van der Waals surface area (Å²) in [6.07, 6.45) is 4.15. The van der Waals surface area contributed by atoms with Crippen molar-refractivity contribution in [3.05, 3.63) is 28.7 Å². The van der Waals surface area contributed by atoms with Gasteiger partial charge in [0.1, 0.15) is 12.4 Å². The number of benzene rings is 1. The van der Waals surface area contributed by atoms with Crippen LogP contribution in [-0.2, 0) is 0 Å². The minimum absolute atomic E-state index is 0.190. The summed E-state index contributed by atoms with van der Waals surface area (Å²) in [5.74, 6) is 0.871. The average Bonchev–Trinajstić information content (AvgIpc) is 2.37. The standard InChI is InChI=1S/C14H20BrNO2/c15-11-4-3-5-12(10-11)18-9-8-16-13-6-1-2-7-14(13)17/h3-5,10,13-14,16-17H,1-2,6-9H2. The summed E-state index contributed by atoms with van der Waals surface area (Å²) in [7, 11) is 0. The molecule has 0 spiro atoms. The third kappa shape index (κ3) is 4.26. The molecule has 100 valence electrons. The lowest BCUT2D eigenvalue weighted by Gasteiger charge is -2.28. The molecular formula is C14H20BrNO2. The molecule has 2 atom stereocenters. The molecule has 1 fully saturated rings. The summed E-state index contributed by atoms with van der Waals surface area (Å²) < 4.78 is 6.66. The van der Waals surface area contributed by atoms with Crippen LogP contribution in [0.3, 0.4) is 0 Å². The van der Waals surface area contributed by atoms with E-state index in [-0.39, 0.29) is 12.1 Å². The van der Waals surface area contributed by atoms with Crippen LogP contribution in [0.15, 0.2) is 28.7 Å². The summed E-state index contributed by atoms with van der Waals surface area (Å²) in [6.45, 7) is 1.40. The number of aliphatic hydroxyl groups is 1. The van der Waals surface area contributed by atoms with E-state index < -0.39 is 0 Å². The molecule has 3 nitrogen and oxygen atoms in total. The molecule has 2 N–H and O–H groups in total. The van der Waals surface area contributed by atoms with Crippen molar-refractivity contribution in [1.29, 1.82) is 0 Å².